The van der Waals surface area contributed by atoms with Gasteiger partial charge in [0.05, 0.1) is 18.0 Å². The molecular weight excluding hydrogens is 468 g/mol. The third kappa shape index (κ3) is 11.1. The van der Waals surface area contributed by atoms with Crippen LogP contribution < -0.4 is 10.4 Å². The highest BCUT2D eigenvalue weighted by Gasteiger charge is 2.11. The molecule has 0 radical (unpaired) electrons. The summed E-state index contributed by atoms with van der Waals surface area (Å²) in [5.41, 5.74) is 3.71. The fourth-order valence-electron chi connectivity index (χ4n) is 4.58. The zero-order valence-electron chi connectivity index (χ0n) is 23.2. The van der Waals surface area contributed by atoms with Crippen LogP contribution in [0, 0.1) is 0 Å². The Bertz CT molecular complexity index is 1010. The summed E-state index contributed by atoms with van der Waals surface area (Å²) in [4.78, 5) is 18.6. The lowest BCUT2D eigenvalue weighted by atomic mass is 10.1. The Labute approximate surface area is 230 Å². The van der Waals surface area contributed by atoms with Gasteiger partial charge < -0.3 is 5.32 Å². The Morgan fingerprint density at radius 3 is 1.71 bits per heavy atom. The lowest BCUT2D eigenvalue weighted by Crippen LogP contribution is -2.22. The molecule has 0 spiro atoms. The molecule has 0 bridgehead atoms. The maximum Gasteiger partial charge on any atom is 0.251 e. The highest BCUT2D eigenvalue weighted by Crippen LogP contribution is 2.26. The van der Waals surface area contributed by atoms with Gasteiger partial charge in [-0.1, -0.05) is 126 Å². The molecule has 0 fully saturated rings. The van der Waals surface area contributed by atoms with Crippen molar-refractivity contribution in [1.82, 2.24) is 5.32 Å². The van der Waals surface area contributed by atoms with Gasteiger partial charge in [-0.3, -0.25) is 9.63 Å². The molecular formula is C34H46N2O2. The molecule has 204 valence electrons. The van der Waals surface area contributed by atoms with E-state index in [4.69, 9.17) is 4.84 Å². The second-order valence-electron chi connectivity index (χ2n) is 10.1. The van der Waals surface area contributed by atoms with E-state index in [1.54, 1.807) is 0 Å². The summed E-state index contributed by atoms with van der Waals surface area (Å²) in [5, 5.41) is 4.91. The van der Waals surface area contributed by atoms with Crippen LogP contribution in [0.1, 0.15) is 99.9 Å². The van der Waals surface area contributed by atoms with Gasteiger partial charge in [-0.05, 0) is 48.4 Å². The summed E-state index contributed by atoms with van der Waals surface area (Å²) in [6, 6.07) is 27.7. The highest BCUT2D eigenvalue weighted by molar-refractivity contribution is 5.94. The lowest BCUT2D eigenvalue weighted by Gasteiger charge is -2.24. The van der Waals surface area contributed by atoms with Crippen molar-refractivity contribution in [2.75, 3.05) is 11.7 Å². The topological polar surface area (TPSA) is 41.6 Å². The fraction of sp³-hybridized carbons (Fsp3) is 0.441. The quantitative estimate of drug-likeness (QED) is 0.128. The molecule has 0 aliphatic carbocycles. The van der Waals surface area contributed by atoms with Crippen LogP contribution in [-0.2, 0) is 11.4 Å². The molecule has 0 aliphatic rings. The number of amides is 1. The first-order valence-electron chi connectivity index (χ1n) is 14.7. The van der Waals surface area contributed by atoms with Gasteiger partial charge in [0.1, 0.15) is 0 Å². The second-order valence-corrected chi connectivity index (χ2v) is 10.1. The summed E-state index contributed by atoms with van der Waals surface area (Å²) >= 11 is 0. The van der Waals surface area contributed by atoms with E-state index in [1.807, 2.05) is 65.7 Å². The van der Waals surface area contributed by atoms with Gasteiger partial charge in [0.25, 0.3) is 5.91 Å². The summed E-state index contributed by atoms with van der Waals surface area (Å²) < 4.78 is 0. The van der Waals surface area contributed by atoms with Gasteiger partial charge in [-0.2, -0.15) is 0 Å². The SMILES string of the molecule is CCCCCCCCCCCCCCON(c1ccccc1)c1ccc(CNC(=O)c2ccccc2)cc1. The van der Waals surface area contributed by atoms with Gasteiger partial charge in [0.15, 0.2) is 0 Å². The number of carbonyl (C=O) groups excluding carboxylic acids is 1. The largest absolute Gasteiger partial charge is 0.348 e. The third-order valence-electron chi connectivity index (χ3n) is 6.87. The standard InChI is InChI=1S/C34H46N2O2/c1-2-3-4-5-6-7-8-9-10-11-12-19-28-38-36(32-22-17-14-18-23-32)33-26-24-30(25-27-33)29-35-34(37)31-20-15-13-16-21-31/h13-18,20-27H,2-12,19,28-29H2,1H3,(H,35,37). The fourth-order valence-corrected chi connectivity index (χ4v) is 4.58. The van der Waals surface area contributed by atoms with Gasteiger partial charge in [0, 0.05) is 12.1 Å². The van der Waals surface area contributed by atoms with Crippen molar-refractivity contribution >= 4 is 17.3 Å². The Morgan fingerprint density at radius 1 is 0.632 bits per heavy atom. The molecule has 0 unspecified atom stereocenters. The van der Waals surface area contributed by atoms with Crippen molar-refractivity contribution in [3.63, 3.8) is 0 Å². The van der Waals surface area contributed by atoms with Crippen LogP contribution in [0.15, 0.2) is 84.9 Å². The second kappa shape index (κ2) is 18.2. The first-order chi connectivity index (χ1) is 18.8. The molecule has 38 heavy (non-hydrogen) atoms. The number of carbonyl (C=O) groups is 1. The van der Waals surface area contributed by atoms with E-state index in [1.165, 1.54) is 70.6 Å². The van der Waals surface area contributed by atoms with Crippen molar-refractivity contribution in [1.29, 1.82) is 0 Å². The average molecular weight is 515 g/mol. The number of rotatable bonds is 19. The number of unbranched alkanes of at least 4 members (excludes halogenated alkanes) is 11. The molecule has 3 aromatic carbocycles. The smallest absolute Gasteiger partial charge is 0.251 e. The van der Waals surface area contributed by atoms with Crippen molar-refractivity contribution in [3.05, 3.63) is 96.1 Å². The summed E-state index contributed by atoms with van der Waals surface area (Å²) in [5.74, 6) is -0.0636. The molecule has 0 heterocycles. The molecule has 4 nitrogen and oxygen atoms in total. The van der Waals surface area contributed by atoms with Crippen LogP contribution in [0.3, 0.4) is 0 Å². The molecule has 0 saturated heterocycles. The maximum atomic E-state index is 12.3. The van der Waals surface area contributed by atoms with Gasteiger partial charge in [0.2, 0.25) is 0 Å². The number of hydrogen-bond donors (Lipinski definition) is 1. The summed E-state index contributed by atoms with van der Waals surface area (Å²) in [6.07, 6.45) is 16.0. The molecule has 1 N–H and O–H groups in total. The molecule has 0 saturated carbocycles. The molecule has 0 aromatic heterocycles. The Morgan fingerprint density at radius 2 is 1.13 bits per heavy atom. The zero-order valence-corrected chi connectivity index (χ0v) is 23.2. The lowest BCUT2D eigenvalue weighted by molar-refractivity contribution is 0.0951. The van der Waals surface area contributed by atoms with E-state index in [0.29, 0.717) is 18.7 Å². The minimum Gasteiger partial charge on any atom is -0.348 e. The predicted octanol–water partition coefficient (Wildman–Crippen LogP) is 9.39. The number of hydrogen-bond acceptors (Lipinski definition) is 3. The molecule has 4 heteroatoms. The van der Waals surface area contributed by atoms with Crippen molar-refractivity contribution < 1.29 is 9.63 Å². The van der Waals surface area contributed by atoms with Crippen LogP contribution in [0.25, 0.3) is 0 Å². The molecule has 1 amide bonds. The molecule has 0 atom stereocenters. The normalized spacial score (nSPS) is 10.9. The first kappa shape index (κ1) is 29.4. The van der Waals surface area contributed by atoms with Gasteiger partial charge >= 0.3 is 0 Å². The monoisotopic (exact) mass is 514 g/mol. The Hall–Kier alpha value is -3.11. The molecule has 0 aliphatic heterocycles. The summed E-state index contributed by atoms with van der Waals surface area (Å²) in [6.45, 7) is 3.46. The van der Waals surface area contributed by atoms with Gasteiger partial charge in [-0.25, -0.2) is 5.06 Å². The van der Waals surface area contributed by atoms with E-state index in [9.17, 15) is 4.79 Å². The van der Waals surface area contributed by atoms with E-state index in [-0.39, 0.29) is 5.91 Å². The van der Waals surface area contributed by atoms with E-state index < -0.39 is 0 Å². The molecule has 3 rings (SSSR count). The number of anilines is 2. The summed E-state index contributed by atoms with van der Waals surface area (Å²) in [7, 11) is 0. The maximum absolute atomic E-state index is 12.3. The average Bonchev–Trinajstić information content (AvgIpc) is 2.97. The van der Waals surface area contributed by atoms with Crippen LogP contribution in [0.4, 0.5) is 11.4 Å². The van der Waals surface area contributed by atoms with E-state index >= 15 is 0 Å². The number of para-hydroxylation sites is 1. The van der Waals surface area contributed by atoms with Crippen LogP contribution in [0.5, 0.6) is 0 Å². The van der Waals surface area contributed by atoms with Gasteiger partial charge in [-0.15, -0.1) is 0 Å². The molecule has 3 aromatic rings. The third-order valence-corrected chi connectivity index (χ3v) is 6.87. The van der Waals surface area contributed by atoms with Crippen LogP contribution >= 0.6 is 0 Å². The van der Waals surface area contributed by atoms with Crippen LogP contribution in [-0.4, -0.2) is 12.5 Å². The number of nitrogens with zero attached hydrogens (tertiary/aromatic N) is 1. The Balaban J connectivity index is 1.39. The van der Waals surface area contributed by atoms with E-state index in [0.717, 1.165) is 23.4 Å². The minimum atomic E-state index is -0.0636. The first-order valence-corrected chi connectivity index (χ1v) is 14.7. The van der Waals surface area contributed by atoms with E-state index in [2.05, 4.69) is 36.5 Å². The van der Waals surface area contributed by atoms with Crippen molar-refractivity contribution in [2.45, 2.75) is 90.5 Å². The highest BCUT2D eigenvalue weighted by atomic mass is 16.7. The number of benzene rings is 3. The van der Waals surface area contributed by atoms with Crippen molar-refractivity contribution in [3.8, 4) is 0 Å². The van der Waals surface area contributed by atoms with Crippen LogP contribution in [0.2, 0.25) is 0 Å². The minimum absolute atomic E-state index is 0.0636. The van der Waals surface area contributed by atoms with Crippen molar-refractivity contribution in [2.24, 2.45) is 0 Å². The predicted molar refractivity (Wildman–Crippen MR) is 160 cm³/mol. The zero-order chi connectivity index (χ0) is 26.7. The number of nitrogens with one attached hydrogen (secondary N) is 1. The Kier molecular flexibility index (Phi) is 14.1.